The Morgan fingerprint density at radius 3 is 2.50 bits per heavy atom. The number of nitrogens with zero attached hydrogens (tertiary/aromatic N) is 9. The largest absolute Gasteiger partial charge is 0.497 e. The Bertz CT molecular complexity index is 1940. The molecule has 2 atom stereocenters. The fraction of sp³-hybridized carbons (Fsp3) is 0.471. The van der Waals surface area contributed by atoms with Crippen molar-refractivity contribution in [3.63, 3.8) is 0 Å². The van der Waals surface area contributed by atoms with Crippen molar-refractivity contribution in [2.45, 2.75) is 44.4 Å². The van der Waals surface area contributed by atoms with E-state index in [1.807, 2.05) is 53.4 Å². The van der Waals surface area contributed by atoms with Gasteiger partial charge in [-0.1, -0.05) is 42.7 Å². The van der Waals surface area contributed by atoms with Gasteiger partial charge < -0.3 is 34.5 Å². The Morgan fingerprint density at radius 2 is 1.78 bits per heavy atom. The van der Waals surface area contributed by atoms with Gasteiger partial charge >= 0.3 is 0 Å². The number of piperazine rings is 1. The molecular formula is C34H42N10O5S. The number of hydrogen-bond acceptors (Lipinski definition) is 11. The summed E-state index contributed by atoms with van der Waals surface area (Å²) in [6.07, 6.45) is 4.55. The zero-order valence-corrected chi connectivity index (χ0v) is 28.9. The summed E-state index contributed by atoms with van der Waals surface area (Å²) in [5.41, 5.74) is 2.17. The summed E-state index contributed by atoms with van der Waals surface area (Å²) in [4.78, 5) is 17.6. The van der Waals surface area contributed by atoms with E-state index in [4.69, 9.17) is 26.1 Å². The third-order valence-electron chi connectivity index (χ3n) is 9.58. The topological polar surface area (TPSA) is 145 Å². The molecule has 2 saturated heterocycles. The van der Waals surface area contributed by atoms with Gasteiger partial charge in [-0.15, -0.1) is 4.52 Å². The van der Waals surface area contributed by atoms with Gasteiger partial charge in [-0.25, -0.2) is 9.97 Å². The first-order chi connectivity index (χ1) is 24.3. The molecule has 264 valence electrons. The predicted molar refractivity (Wildman–Crippen MR) is 189 cm³/mol. The van der Waals surface area contributed by atoms with Crippen LogP contribution >= 0.6 is 0 Å². The van der Waals surface area contributed by atoms with E-state index in [0.29, 0.717) is 82.0 Å². The van der Waals surface area contributed by atoms with Crippen molar-refractivity contribution >= 4 is 44.8 Å². The molecule has 50 heavy (non-hydrogen) atoms. The summed E-state index contributed by atoms with van der Waals surface area (Å²) in [5.74, 6) is 2.91. The molecule has 0 amide bonds. The molecule has 2 N–H and O–H groups in total. The van der Waals surface area contributed by atoms with Crippen LogP contribution in [0.3, 0.4) is 0 Å². The average molecular weight is 703 g/mol. The van der Waals surface area contributed by atoms with Crippen molar-refractivity contribution in [1.29, 1.82) is 0 Å². The summed E-state index contributed by atoms with van der Waals surface area (Å²) in [7, 11) is -1.93. The Morgan fingerprint density at radius 1 is 1.04 bits per heavy atom. The van der Waals surface area contributed by atoms with Gasteiger partial charge in [-0.2, -0.15) is 17.0 Å². The Balaban J connectivity index is 1.22. The van der Waals surface area contributed by atoms with Gasteiger partial charge in [0.15, 0.2) is 5.82 Å². The molecule has 3 aliphatic rings. The summed E-state index contributed by atoms with van der Waals surface area (Å²) in [6.45, 7) is 11.4. The van der Waals surface area contributed by atoms with Crippen LogP contribution in [0, 0.1) is 6.57 Å². The zero-order chi connectivity index (χ0) is 34.7. The lowest BCUT2D eigenvalue weighted by atomic mass is 9.92. The number of aromatic nitrogens is 4. The first-order valence-corrected chi connectivity index (χ1v) is 18.4. The number of rotatable bonds is 10. The summed E-state index contributed by atoms with van der Waals surface area (Å²) < 4.78 is 41.9. The van der Waals surface area contributed by atoms with Crippen molar-refractivity contribution in [3.8, 4) is 5.75 Å². The average Bonchev–Trinajstić information content (AvgIpc) is 3.58. The minimum Gasteiger partial charge on any atom is -0.497 e. The van der Waals surface area contributed by atoms with Crippen LogP contribution in [-0.2, 0) is 21.5 Å². The smallest absolute Gasteiger partial charge is 0.282 e. The molecule has 16 heteroatoms. The molecule has 15 nitrogen and oxygen atoms in total. The maximum absolute atomic E-state index is 13.3. The molecule has 1 saturated carbocycles. The summed E-state index contributed by atoms with van der Waals surface area (Å²) in [5, 5.41) is 18.9. The van der Waals surface area contributed by atoms with Crippen LogP contribution in [0.25, 0.3) is 10.5 Å². The number of methoxy groups -OCH3 is 1. The number of imidazole rings is 1. The summed E-state index contributed by atoms with van der Waals surface area (Å²) >= 11 is 0. The molecule has 1 aromatic carbocycles. The molecule has 2 aliphatic heterocycles. The number of fused-ring (bicyclic) bond motifs is 1. The van der Waals surface area contributed by atoms with Gasteiger partial charge in [-0.3, -0.25) is 0 Å². The number of pyridine rings is 1. The van der Waals surface area contributed by atoms with Crippen molar-refractivity contribution < 1.29 is 23.0 Å². The molecular weight excluding hydrogens is 661 g/mol. The highest BCUT2D eigenvalue weighted by Crippen LogP contribution is 2.35. The van der Waals surface area contributed by atoms with Crippen molar-refractivity contribution in [3.05, 3.63) is 71.7 Å². The minimum absolute atomic E-state index is 0.163. The van der Waals surface area contributed by atoms with Crippen LogP contribution in [0.2, 0.25) is 0 Å². The minimum atomic E-state index is -3.56. The molecule has 0 radical (unpaired) electrons. The predicted octanol–water partition coefficient (Wildman–Crippen LogP) is 3.44. The number of morpholine rings is 1. The Hall–Kier alpha value is -4.53. The Labute approximate surface area is 292 Å². The molecule has 0 bridgehead atoms. The lowest BCUT2D eigenvalue weighted by Gasteiger charge is -2.38. The zero-order valence-electron chi connectivity index (χ0n) is 28.1. The van der Waals surface area contributed by atoms with Crippen LogP contribution in [0.15, 0.2) is 54.7 Å². The van der Waals surface area contributed by atoms with E-state index in [1.165, 1.54) is 10.5 Å². The molecule has 5 heterocycles. The molecule has 7 rings (SSSR count). The van der Waals surface area contributed by atoms with Gasteiger partial charge in [0.25, 0.3) is 21.7 Å². The van der Waals surface area contributed by atoms with Crippen LogP contribution in [0.1, 0.15) is 31.2 Å². The van der Waals surface area contributed by atoms with Crippen LogP contribution in [-0.4, -0.2) is 113 Å². The molecule has 3 fully saturated rings. The summed E-state index contributed by atoms with van der Waals surface area (Å²) in [6, 6.07) is 15.4. The lowest BCUT2D eigenvalue weighted by molar-refractivity contribution is 0.0700. The number of aliphatic hydroxyl groups excluding tert-OH is 1. The molecule has 0 unspecified atom stereocenters. The molecule has 4 aromatic rings. The van der Waals surface area contributed by atoms with E-state index in [9.17, 15) is 13.5 Å². The van der Waals surface area contributed by atoms with Gasteiger partial charge in [-0.05, 0) is 42.7 Å². The molecule has 3 aromatic heterocycles. The second-order valence-corrected chi connectivity index (χ2v) is 14.6. The van der Waals surface area contributed by atoms with Crippen LogP contribution < -0.4 is 19.9 Å². The maximum atomic E-state index is 13.3. The van der Waals surface area contributed by atoms with E-state index in [2.05, 4.69) is 20.0 Å². The monoisotopic (exact) mass is 702 g/mol. The quantitative estimate of drug-likeness (QED) is 0.235. The van der Waals surface area contributed by atoms with E-state index in [1.54, 1.807) is 15.9 Å². The first kappa shape index (κ1) is 33.9. The van der Waals surface area contributed by atoms with Gasteiger partial charge in [0.05, 0.1) is 38.7 Å². The number of nitrogens with one attached hydrogen (secondary N) is 1. The van der Waals surface area contributed by atoms with E-state index >= 15 is 0 Å². The van der Waals surface area contributed by atoms with Gasteiger partial charge in [0, 0.05) is 51.9 Å². The number of aliphatic hydroxyl groups is 1. The maximum Gasteiger partial charge on any atom is 0.282 e. The highest BCUT2D eigenvalue weighted by Gasteiger charge is 2.34. The van der Waals surface area contributed by atoms with Gasteiger partial charge in [0.1, 0.15) is 23.1 Å². The number of benzene rings is 1. The third kappa shape index (κ3) is 7.05. The third-order valence-corrected chi connectivity index (χ3v) is 11.6. The SMILES string of the molecule is [C-]#[N+]c1cnc2c(N(Cc3ccc(OC)cc3)c3cccc(N4CCN(S(=O)(=O)N5CCOCC5)CC4)n3)cc(N[C@@H]3CCCC[C@H]3O)nn12. The Kier molecular flexibility index (Phi) is 10.0. The first-order valence-electron chi connectivity index (χ1n) is 17.0. The highest BCUT2D eigenvalue weighted by atomic mass is 32.2. The van der Waals surface area contributed by atoms with Crippen molar-refractivity contribution in [2.75, 3.05) is 74.7 Å². The number of anilines is 4. The van der Waals surface area contributed by atoms with E-state index < -0.39 is 16.3 Å². The van der Waals surface area contributed by atoms with E-state index in [-0.39, 0.29) is 11.9 Å². The van der Waals surface area contributed by atoms with Crippen LogP contribution in [0.4, 0.5) is 29.0 Å². The van der Waals surface area contributed by atoms with Crippen LogP contribution in [0.5, 0.6) is 5.75 Å². The standard InChI is InChI=1S/C34H42N10O5S/c1-35-33-23-36-34-28(22-30(39-44(33)34)37-27-6-3-4-7-29(27)45)43(24-25-10-12-26(48-2)13-11-25)32-9-5-8-31(38-32)40-14-16-41(17-15-40)50(46,47)42-18-20-49-21-19-42/h5,8-13,22-23,27,29,45H,3-4,6-7,14-21,24H2,2H3,(H,37,39)/t27-,29-/m1/s1. The second kappa shape index (κ2) is 14.8. The molecule has 1 aliphatic carbocycles. The normalized spacial score (nSPS) is 20.8. The fourth-order valence-electron chi connectivity index (χ4n) is 6.79. The van der Waals surface area contributed by atoms with Gasteiger partial charge in [0.2, 0.25) is 0 Å². The second-order valence-electron chi connectivity index (χ2n) is 12.7. The van der Waals surface area contributed by atoms with Crippen molar-refractivity contribution in [2.24, 2.45) is 0 Å². The van der Waals surface area contributed by atoms with E-state index in [0.717, 1.165) is 42.8 Å². The number of ether oxygens (including phenoxy) is 2. The molecule has 0 spiro atoms. The number of hydrogen-bond donors (Lipinski definition) is 2. The fourth-order valence-corrected chi connectivity index (χ4v) is 8.35. The van der Waals surface area contributed by atoms with Crippen molar-refractivity contribution in [1.82, 2.24) is 28.2 Å². The highest BCUT2D eigenvalue weighted by molar-refractivity contribution is 7.86. The lowest BCUT2D eigenvalue weighted by Crippen LogP contribution is -2.55.